The molecule has 6 nitrogen and oxygen atoms in total. The first-order valence-electron chi connectivity index (χ1n) is 10.5. The van der Waals surface area contributed by atoms with Crippen LogP contribution in [0.2, 0.25) is 0 Å². The number of aliphatic carboxylic acids is 1. The Hall–Kier alpha value is -3.54. The molecule has 0 amide bonds. The van der Waals surface area contributed by atoms with Crippen molar-refractivity contribution < 1.29 is 19.4 Å². The number of carbonyl (C=O) groups is 1. The van der Waals surface area contributed by atoms with Gasteiger partial charge in [0.1, 0.15) is 23.4 Å². The van der Waals surface area contributed by atoms with E-state index in [1.54, 1.807) is 6.20 Å². The molecule has 0 bridgehead atoms. The molecule has 0 saturated heterocycles. The lowest BCUT2D eigenvalue weighted by molar-refractivity contribution is -0.135. The number of allylic oxidation sites excluding steroid dienone is 1. The fourth-order valence-corrected chi connectivity index (χ4v) is 3.74. The minimum absolute atomic E-state index is 0.0344. The van der Waals surface area contributed by atoms with Crippen LogP contribution in [0.3, 0.4) is 0 Å². The van der Waals surface area contributed by atoms with Gasteiger partial charge in [-0.1, -0.05) is 30.4 Å². The zero-order chi connectivity index (χ0) is 21.6. The summed E-state index contributed by atoms with van der Waals surface area (Å²) in [6.07, 6.45) is 10.3. The molecule has 1 aromatic heterocycles. The number of carboxylic acids is 1. The third kappa shape index (κ3) is 5.34. The van der Waals surface area contributed by atoms with Crippen LogP contribution in [0, 0.1) is 12.8 Å². The Kier molecular flexibility index (Phi) is 6.36. The molecule has 0 saturated carbocycles. The maximum atomic E-state index is 11.3. The van der Waals surface area contributed by atoms with Gasteiger partial charge < -0.3 is 19.9 Å². The Morgan fingerprint density at radius 1 is 1.26 bits per heavy atom. The molecular formula is C25H26N2O4. The third-order valence-corrected chi connectivity index (χ3v) is 5.23. The Balaban J connectivity index is 1.36. The summed E-state index contributed by atoms with van der Waals surface area (Å²) >= 11 is 0. The quantitative estimate of drug-likeness (QED) is 0.610. The van der Waals surface area contributed by atoms with Crippen LogP contribution in [-0.2, 0) is 9.53 Å². The van der Waals surface area contributed by atoms with Crippen molar-refractivity contribution in [2.24, 2.45) is 5.92 Å². The average Bonchev–Trinajstić information content (AvgIpc) is 2.89. The fourth-order valence-electron chi connectivity index (χ4n) is 3.74. The Labute approximate surface area is 181 Å². The van der Waals surface area contributed by atoms with Gasteiger partial charge in [-0.3, -0.25) is 4.79 Å². The molecule has 2 aliphatic rings. The summed E-state index contributed by atoms with van der Waals surface area (Å²) in [5, 5.41) is 12.6. The number of nitrogens with one attached hydrogen (secondary N) is 1. The first-order valence-corrected chi connectivity index (χ1v) is 10.5. The van der Waals surface area contributed by atoms with Gasteiger partial charge in [0, 0.05) is 24.2 Å². The van der Waals surface area contributed by atoms with Crippen LogP contribution in [0.15, 0.2) is 72.7 Å². The number of rotatable bonds is 8. The van der Waals surface area contributed by atoms with Crippen LogP contribution >= 0.6 is 0 Å². The summed E-state index contributed by atoms with van der Waals surface area (Å²) < 4.78 is 12.2. The van der Waals surface area contributed by atoms with E-state index in [0.717, 1.165) is 35.7 Å². The van der Waals surface area contributed by atoms with Gasteiger partial charge in [0.25, 0.3) is 0 Å². The Bertz CT molecular complexity index is 1040. The van der Waals surface area contributed by atoms with Gasteiger partial charge in [-0.05, 0) is 54.8 Å². The number of aromatic nitrogens is 1. The second-order valence-electron chi connectivity index (χ2n) is 7.69. The topological polar surface area (TPSA) is 80.7 Å². The van der Waals surface area contributed by atoms with E-state index in [1.165, 1.54) is 5.56 Å². The first-order chi connectivity index (χ1) is 15.1. The van der Waals surface area contributed by atoms with E-state index < -0.39 is 5.97 Å². The van der Waals surface area contributed by atoms with E-state index in [2.05, 4.69) is 10.3 Å². The molecule has 4 rings (SSSR count). The maximum Gasteiger partial charge on any atom is 0.307 e. The van der Waals surface area contributed by atoms with Crippen LogP contribution in [0.1, 0.15) is 24.0 Å². The molecule has 1 aromatic carbocycles. The van der Waals surface area contributed by atoms with Crippen LogP contribution in [-0.4, -0.2) is 35.3 Å². The van der Waals surface area contributed by atoms with Crippen molar-refractivity contribution in [2.75, 3.05) is 18.5 Å². The van der Waals surface area contributed by atoms with Crippen molar-refractivity contribution in [1.82, 2.24) is 4.98 Å². The van der Waals surface area contributed by atoms with E-state index in [9.17, 15) is 9.90 Å². The van der Waals surface area contributed by atoms with E-state index in [1.807, 2.05) is 67.6 Å². The zero-order valence-electron chi connectivity index (χ0n) is 17.5. The molecule has 31 heavy (non-hydrogen) atoms. The SMILES string of the molecule is Cc1ccnc(NCCCOC2=CC3Oc4ccccc4C(CC(=O)O)=CC3C=C2)c1. The molecule has 6 heteroatoms. The van der Waals surface area contributed by atoms with E-state index in [-0.39, 0.29) is 18.4 Å². The van der Waals surface area contributed by atoms with Crippen molar-refractivity contribution in [3.63, 3.8) is 0 Å². The lowest BCUT2D eigenvalue weighted by Crippen LogP contribution is -2.24. The van der Waals surface area contributed by atoms with Gasteiger partial charge in [0.2, 0.25) is 0 Å². The number of fused-ring (bicyclic) bond motifs is 2. The smallest absolute Gasteiger partial charge is 0.307 e. The highest BCUT2D eigenvalue weighted by atomic mass is 16.5. The van der Waals surface area contributed by atoms with Gasteiger partial charge in [-0.15, -0.1) is 0 Å². The molecule has 160 valence electrons. The molecule has 1 aliphatic carbocycles. The predicted octanol–water partition coefficient (Wildman–Crippen LogP) is 4.60. The summed E-state index contributed by atoms with van der Waals surface area (Å²) in [6, 6.07) is 11.6. The standard InChI is InChI=1S/C25H26N2O4/c1-17-9-11-27-24(13-17)26-10-4-12-30-20-8-7-18-14-19(15-25(28)29)21-5-2-3-6-22(21)31-23(18)16-20/h2-3,5-9,11,13-14,16,18,23H,4,10,12,15H2,1H3,(H,26,27)(H,28,29). The predicted molar refractivity (Wildman–Crippen MR) is 120 cm³/mol. The number of para-hydroxylation sites is 1. The molecule has 2 aromatic rings. The van der Waals surface area contributed by atoms with Gasteiger partial charge in [0.15, 0.2) is 0 Å². The minimum Gasteiger partial charge on any atom is -0.494 e. The number of aryl methyl sites for hydroxylation is 1. The number of anilines is 1. The third-order valence-electron chi connectivity index (χ3n) is 5.23. The normalized spacial score (nSPS) is 19.1. The second kappa shape index (κ2) is 9.51. The fraction of sp³-hybridized carbons (Fsp3) is 0.280. The van der Waals surface area contributed by atoms with Crippen molar-refractivity contribution in [3.05, 3.63) is 83.8 Å². The van der Waals surface area contributed by atoms with Crippen molar-refractivity contribution in [1.29, 1.82) is 0 Å². The molecule has 0 fully saturated rings. The molecule has 1 aliphatic heterocycles. The average molecular weight is 418 g/mol. The van der Waals surface area contributed by atoms with Crippen molar-refractivity contribution in [3.8, 4) is 5.75 Å². The Morgan fingerprint density at radius 3 is 2.97 bits per heavy atom. The van der Waals surface area contributed by atoms with Crippen LogP contribution in [0.5, 0.6) is 5.75 Å². The molecule has 2 heterocycles. The van der Waals surface area contributed by atoms with Crippen molar-refractivity contribution >= 4 is 17.4 Å². The van der Waals surface area contributed by atoms with Gasteiger partial charge in [-0.25, -0.2) is 4.98 Å². The number of ether oxygens (including phenoxy) is 2. The Morgan fingerprint density at radius 2 is 2.13 bits per heavy atom. The molecule has 0 spiro atoms. The first kappa shape index (κ1) is 20.7. The highest BCUT2D eigenvalue weighted by Gasteiger charge is 2.27. The summed E-state index contributed by atoms with van der Waals surface area (Å²) in [4.78, 5) is 15.6. The number of hydrogen-bond donors (Lipinski definition) is 2. The van der Waals surface area contributed by atoms with Crippen LogP contribution < -0.4 is 10.1 Å². The van der Waals surface area contributed by atoms with Crippen LogP contribution in [0.25, 0.3) is 5.57 Å². The zero-order valence-corrected chi connectivity index (χ0v) is 17.5. The number of pyridine rings is 1. The number of nitrogens with zero attached hydrogens (tertiary/aromatic N) is 1. The molecular weight excluding hydrogens is 392 g/mol. The van der Waals surface area contributed by atoms with E-state index in [0.29, 0.717) is 12.4 Å². The lowest BCUT2D eigenvalue weighted by Gasteiger charge is -2.24. The second-order valence-corrected chi connectivity index (χ2v) is 7.69. The highest BCUT2D eigenvalue weighted by molar-refractivity contribution is 5.86. The summed E-state index contributed by atoms with van der Waals surface area (Å²) in [7, 11) is 0. The monoisotopic (exact) mass is 418 g/mol. The minimum atomic E-state index is -0.853. The van der Waals surface area contributed by atoms with E-state index in [4.69, 9.17) is 9.47 Å². The van der Waals surface area contributed by atoms with Gasteiger partial charge >= 0.3 is 5.97 Å². The molecule has 2 atom stereocenters. The summed E-state index contributed by atoms with van der Waals surface area (Å²) in [5.41, 5.74) is 2.78. The van der Waals surface area contributed by atoms with Crippen LogP contribution in [0.4, 0.5) is 5.82 Å². The highest BCUT2D eigenvalue weighted by Crippen LogP contribution is 2.37. The number of hydrogen-bond acceptors (Lipinski definition) is 5. The number of benzene rings is 1. The molecule has 2 unspecified atom stereocenters. The molecule has 0 radical (unpaired) electrons. The summed E-state index contributed by atoms with van der Waals surface area (Å²) in [6.45, 7) is 3.38. The van der Waals surface area contributed by atoms with Gasteiger partial charge in [-0.2, -0.15) is 0 Å². The molecule has 2 N–H and O–H groups in total. The maximum absolute atomic E-state index is 11.3. The number of carboxylic acid groups (broad SMARTS) is 1. The van der Waals surface area contributed by atoms with E-state index >= 15 is 0 Å². The summed E-state index contributed by atoms with van der Waals surface area (Å²) in [5.74, 6) is 1.44. The van der Waals surface area contributed by atoms with Crippen molar-refractivity contribution in [2.45, 2.75) is 25.9 Å². The largest absolute Gasteiger partial charge is 0.494 e. The van der Waals surface area contributed by atoms with Gasteiger partial charge in [0.05, 0.1) is 13.0 Å². The lowest BCUT2D eigenvalue weighted by atomic mass is 9.92.